The monoisotopic (exact) mass is 492 g/mol. The van der Waals surface area contributed by atoms with Gasteiger partial charge in [0.25, 0.3) is 0 Å². The fraction of sp³-hybridized carbons (Fsp3) is 0.375. The minimum Gasteiger partial charge on any atom is -0.478 e. The highest BCUT2D eigenvalue weighted by molar-refractivity contribution is 6.34. The number of halogens is 2. The van der Waals surface area contributed by atoms with Crippen molar-refractivity contribution in [2.24, 2.45) is 5.92 Å². The van der Waals surface area contributed by atoms with E-state index in [1.807, 2.05) is 0 Å². The molecule has 9 heteroatoms. The van der Waals surface area contributed by atoms with Crippen molar-refractivity contribution in [2.75, 3.05) is 0 Å². The maximum Gasteiger partial charge on any atom is 0.408 e. The molecule has 1 saturated carbocycles. The van der Waals surface area contributed by atoms with E-state index in [-0.39, 0.29) is 17.5 Å². The van der Waals surface area contributed by atoms with E-state index in [1.54, 1.807) is 45.0 Å². The minimum absolute atomic E-state index is 0.165. The molecule has 1 aliphatic rings. The van der Waals surface area contributed by atoms with Gasteiger partial charge in [-0.05, 0) is 81.0 Å². The SMILES string of the molecule is CC(C)(C)OC(=O)N[C@H](C(=O)NC(c1ccc(C(=O)O)cc1)C1CC1)c1cc(Cl)cc(Cl)c1. The van der Waals surface area contributed by atoms with Crippen molar-refractivity contribution in [1.29, 1.82) is 0 Å². The zero-order chi connectivity index (χ0) is 24.3. The lowest BCUT2D eigenvalue weighted by Gasteiger charge is -2.26. The second-order valence-corrected chi connectivity index (χ2v) is 9.91. The van der Waals surface area contributed by atoms with Crippen LogP contribution in [0, 0.1) is 5.92 Å². The fourth-order valence-corrected chi connectivity index (χ4v) is 3.98. The standard InChI is InChI=1S/C24H26Cl2N2O5/c1-24(2,3)33-23(32)28-20(16-10-17(25)12-18(26)11-16)21(29)27-19(13-4-5-13)14-6-8-15(9-7-14)22(30)31/h6-13,19-20H,4-5H2,1-3H3,(H,27,29)(H,28,32)(H,30,31)/t19?,20-/m0/s1. The summed E-state index contributed by atoms with van der Waals surface area (Å²) >= 11 is 12.3. The highest BCUT2D eigenvalue weighted by Crippen LogP contribution is 2.41. The molecule has 2 amide bonds. The molecule has 0 aromatic heterocycles. The first-order valence-electron chi connectivity index (χ1n) is 10.5. The molecule has 2 aromatic rings. The molecule has 2 atom stereocenters. The van der Waals surface area contributed by atoms with E-state index in [4.69, 9.17) is 33.0 Å². The van der Waals surface area contributed by atoms with Gasteiger partial charge >= 0.3 is 12.1 Å². The van der Waals surface area contributed by atoms with Crippen LogP contribution in [0.4, 0.5) is 4.79 Å². The molecule has 0 heterocycles. The van der Waals surface area contributed by atoms with Crippen LogP contribution in [0.5, 0.6) is 0 Å². The molecule has 3 rings (SSSR count). The Labute approximate surface area is 202 Å². The Bertz CT molecular complexity index is 1030. The van der Waals surface area contributed by atoms with Crippen LogP contribution in [-0.2, 0) is 9.53 Å². The van der Waals surface area contributed by atoms with Gasteiger partial charge in [-0.15, -0.1) is 0 Å². The Hall–Kier alpha value is -2.77. The summed E-state index contributed by atoms with van der Waals surface area (Å²) in [5.41, 5.74) is 0.611. The summed E-state index contributed by atoms with van der Waals surface area (Å²) in [6.45, 7) is 5.17. The van der Waals surface area contributed by atoms with Crippen molar-refractivity contribution >= 4 is 41.2 Å². The number of carboxylic acid groups (broad SMARTS) is 1. The smallest absolute Gasteiger partial charge is 0.408 e. The summed E-state index contributed by atoms with van der Waals surface area (Å²) < 4.78 is 5.33. The van der Waals surface area contributed by atoms with Crippen molar-refractivity contribution in [2.45, 2.75) is 51.3 Å². The summed E-state index contributed by atoms with van der Waals surface area (Å²) in [6.07, 6.45) is 1.10. The fourth-order valence-electron chi connectivity index (χ4n) is 3.44. The molecule has 176 valence electrons. The molecule has 1 fully saturated rings. The van der Waals surface area contributed by atoms with Gasteiger partial charge in [-0.25, -0.2) is 9.59 Å². The molecule has 1 aliphatic carbocycles. The molecular weight excluding hydrogens is 467 g/mol. The molecule has 7 nitrogen and oxygen atoms in total. The molecule has 0 aliphatic heterocycles. The Morgan fingerprint density at radius 1 is 0.970 bits per heavy atom. The van der Waals surface area contributed by atoms with Gasteiger partial charge in [0, 0.05) is 10.0 Å². The maximum atomic E-state index is 13.4. The largest absolute Gasteiger partial charge is 0.478 e. The van der Waals surface area contributed by atoms with Crippen molar-refractivity contribution in [3.63, 3.8) is 0 Å². The van der Waals surface area contributed by atoms with Crippen molar-refractivity contribution in [1.82, 2.24) is 10.6 Å². The molecule has 0 spiro atoms. The minimum atomic E-state index is -1.10. The molecule has 0 saturated heterocycles. The molecule has 2 aromatic carbocycles. The van der Waals surface area contributed by atoms with E-state index < -0.39 is 29.6 Å². The number of alkyl carbamates (subject to hydrolysis) is 1. The summed E-state index contributed by atoms with van der Waals surface area (Å²) in [5.74, 6) is -1.26. The Morgan fingerprint density at radius 3 is 2.03 bits per heavy atom. The number of ether oxygens (including phenoxy) is 1. The Kier molecular flexibility index (Phi) is 7.55. The number of carbonyl (C=O) groups excluding carboxylic acids is 2. The lowest BCUT2D eigenvalue weighted by molar-refractivity contribution is -0.124. The third kappa shape index (κ3) is 7.11. The molecule has 1 unspecified atom stereocenters. The van der Waals surface area contributed by atoms with Crippen LogP contribution < -0.4 is 10.6 Å². The average molecular weight is 493 g/mol. The number of aromatic carboxylic acids is 1. The first kappa shape index (κ1) is 24.9. The molecule has 3 N–H and O–H groups in total. The number of nitrogens with one attached hydrogen (secondary N) is 2. The van der Waals surface area contributed by atoms with Gasteiger partial charge in [0.15, 0.2) is 0 Å². The van der Waals surface area contributed by atoms with E-state index >= 15 is 0 Å². The molecule has 0 bridgehead atoms. The van der Waals surface area contributed by atoms with E-state index in [1.165, 1.54) is 18.2 Å². The molecule has 33 heavy (non-hydrogen) atoms. The quantitative estimate of drug-likeness (QED) is 0.471. The van der Waals surface area contributed by atoms with E-state index in [2.05, 4.69) is 10.6 Å². The predicted molar refractivity (Wildman–Crippen MR) is 126 cm³/mol. The van der Waals surface area contributed by atoms with Crippen LogP contribution in [0.15, 0.2) is 42.5 Å². The average Bonchev–Trinajstić information content (AvgIpc) is 3.53. The first-order valence-corrected chi connectivity index (χ1v) is 11.3. The van der Waals surface area contributed by atoms with Gasteiger partial charge in [-0.2, -0.15) is 0 Å². The normalized spacial score (nSPS) is 15.3. The van der Waals surface area contributed by atoms with Crippen molar-refractivity contribution in [3.8, 4) is 0 Å². The second kappa shape index (κ2) is 10.0. The number of carbonyl (C=O) groups is 3. The number of hydrogen-bond acceptors (Lipinski definition) is 4. The molecule has 0 radical (unpaired) electrons. The lowest BCUT2D eigenvalue weighted by atomic mass is 9.99. The van der Waals surface area contributed by atoms with Gasteiger partial charge in [-0.3, -0.25) is 4.79 Å². The Morgan fingerprint density at radius 2 is 1.55 bits per heavy atom. The number of carboxylic acids is 1. The van der Waals surface area contributed by atoms with Gasteiger partial charge in [-0.1, -0.05) is 35.3 Å². The number of amides is 2. The van der Waals surface area contributed by atoms with E-state index in [0.717, 1.165) is 18.4 Å². The topological polar surface area (TPSA) is 105 Å². The summed E-state index contributed by atoms with van der Waals surface area (Å²) in [5, 5.41) is 15.4. The lowest BCUT2D eigenvalue weighted by Crippen LogP contribution is -2.44. The number of rotatable bonds is 7. The Balaban J connectivity index is 1.87. The van der Waals surface area contributed by atoms with Crippen LogP contribution in [-0.4, -0.2) is 28.7 Å². The van der Waals surface area contributed by atoms with Crippen LogP contribution in [0.2, 0.25) is 10.0 Å². The van der Waals surface area contributed by atoms with Gasteiger partial charge in [0.05, 0.1) is 11.6 Å². The number of hydrogen-bond donors (Lipinski definition) is 3. The van der Waals surface area contributed by atoms with Crippen LogP contribution >= 0.6 is 23.2 Å². The van der Waals surface area contributed by atoms with E-state index in [0.29, 0.717) is 15.6 Å². The zero-order valence-electron chi connectivity index (χ0n) is 18.5. The third-order valence-electron chi connectivity index (χ3n) is 5.05. The van der Waals surface area contributed by atoms with Crippen molar-refractivity contribution < 1.29 is 24.2 Å². The molecular formula is C24H26Cl2N2O5. The maximum absolute atomic E-state index is 13.4. The first-order chi connectivity index (χ1) is 15.4. The van der Waals surface area contributed by atoms with Gasteiger partial charge in [0.1, 0.15) is 11.6 Å². The number of benzene rings is 2. The van der Waals surface area contributed by atoms with Crippen LogP contribution in [0.1, 0.15) is 67.2 Å². The summed E-state index contributed by atoms with van der Waals surface area (Å²) in [7, 11) is 0. The summed E-state index contributed by atoms with van der Waals surface area (Å²) in [4.78, 5) is 37.0. The van der Waals surface area contributed by atoms with E-state index in [9.17, 15) is 14.4 Å². The van der Waals surface area contributed by atoms with Crippen LogP contribution in [0.25, 0.3) is 0 Å². The highest BCUT2D eigenvalue weighted by Gasteiger charge is 2.36. The van der Waals surface area contributed by atoms with Crippen LogP contribution in [0.3, 0.4) is 0 Å². The second-order valence-electron chi connectivity index (χ2n) is 9.03. The zero-order valence-corrected chi connectivity index (χ0v) is 20.0. The predicted octanol–water partition coefficient (Wildman–Crippen LogP) is 5.52. The summed E-state index contributed by atoms with van der Waals surface area (Å²) in [6, 6.07) is 9.61. The van der Waals surface area contributed by atoms with Gasteiger partial charge < -0.3 is 20.5 Å². The van der Waals surface area contributed by atoms with Gasteiger partial charge in [0.2, 0.25) is 5.91 Å². The van der Waals surface area contributed by atoms with Crippen molar-refractivity contribution in [3.05, 3.63) is 69.2 Å². The third-order valence-corrected chi connectivity index (χ3v) is 5.49. The highest BCUT2D eigenvalue weighted by atomic mass is 35.5.